The van der Waals surface area contributed by atoms with Crippen molar-refractivity contribution < 1.29 is 14.3 Å². The van der Waals surface area contributed by atoms with Crippen LogP contribution < -0.4 is 4.74 Å². The molecule has 1 aromatic heterocycles. The van der Waals surface area contributed by atoms with Crippen molar-refractivity contribution in [1.29, 1.82) is 0 Å². The second kappa shape index (κ2) is 10.7. The predicted octanol–water partition coefficient (Wildman–Crippen LogP) is 5.79. The Morgan fingerprint density at radius 1 is 1.12 bits per heavy atom. The first-order chi connectivity index (χ1) is 16.4. The fourth-order valence-electron chi connectivity index (χ4n) is 4.42. The van der Waals surface area contributed by atoms with Crippen molar-refractivity contribution in [2.24, 2.45) is 5.92 Å². The Bertz CT molecular complexity index is 1140. The summed E-state index contributed by atoms with van der Waals surface area (Å²) in [5, 5.41) is 2.09. The molecule has 0 aliphatic carbocycles. The highest BCUT2D eigenvalue weighted by Crippen LogP contribution is 2.38. The molecule has 0 saturated carbocycles. The number of nitrogens with zero attached hydrogens (tertiary/aromatic N) is 2. The van der Waals surface area contributed by atoms with Gasteiger partial charge in [-0.3, -0.25) is 9.59 Å². The molecule has 0 radical (unpaired) electrons. The number of benzene rings is 2. The van der Waals surface area contributed by atoms with Gasteiger partial charge in [0.15, 0.2) is 0 Å². The van der Waals surface area contributed by atoms with Crippen LogP contribution in [-0.4, -0.2) is 48.4 Å². The molecule has 0 spiro atoms. The quantitative estimate of drug-likeness (QED) is 0.381. The highest BCUT2D eigenvalue weighted by Gasteiger charge is 2.34. The number of amides is 2. The van der Waals surface area contributed by atoms with E-state index in [1.807, 2.05) is 41.3 Å². The van der Waals surface area contributed by atoms with Gasteiger partial charge in [0.2, 0.25) is 5.91 Å². The molecule has 2 aromatic carbocycles. The van der Waals surface area contributed by atoms with Crippen LogP contribution in [0, 0.1) is 5.92 Å². The number of carbonyl (C=O) groups is 2. The molecule has 1 atom stereocenters. The Labute approximate surface area is 213 Å². The summed E-state index contributed by atoms with van der Waals surface area (Å²) in [6, 6.07) is 17.2. The molecule has 0 saturated heterocycles. The van der Waals surface area contributed by atoms with E-state index in [2.05, 4.69) is 41.2 Å². The van der Waals surface area contributed by atoms with Gasteiger partial charge in [0.1, 0.15) is 12.3 Å². The lowest BCUT2D eigenvalue weighted by Crippen LogP contribution is -2.47. The first-order valence-corrected chi connectivity index (χ1v) is 13.1. The lowest BCUT2D eigenvalue weighted by atomic mass is 9.93. The van der Waals surface area contributed by atoms with E-state index in [-0.39, 0.29) is 30.3 Å². The summed E-state index contributed by atoms with van der Waals surface area (Å²) in [4.78, 5) is 32.0. The van der Waals surface area contributed by atoms with Crippen LogP contribution in [0.1, 0.15) is 46.3 Å². The summed E-state index contributed by atoms with van der Waals surface area (Å²) in [5.41, 5.74) is 2.80. The number of fused-ring (bicyclic) bond motifs is 1. The molecule has 7 heteroatoms. The van der Waals surface area contributed by atoms with E-state index in [1.165, 1.54) is 10.4 Å². The Morgan fingerprint density at radius 3 is 2.47 bits per heavy atom. The molecule has 1 unspecified atom stereocenters. The molecule has 2 amide bonds. The minimum atomic E-state index is -0.169. The van der Waals surface area contributed by atoms with E-state index in [9.17, 15) is 9.59 Å². The van der Waals surface area contributed by atoms with E-state index in [0.717, 1.165) is 22.2 Å². The second-order valence-corrected chi connectivity index (χ2v) is 10.8. The zero-order chi connectivity index (χ0) is 24.2. The van der Waals surface area contributed by atoms with Crippen LogP contribution >= 0.6 is 27.3 Å². The van der Waals surface area contributed by atoms with Crippen LogP contribution in [0.3, 0.4) is 0 Å². The molecule has 178 valence electrons. The Balaban J connectivity index is 1.61. The summed E-state index contributed by atoms with van der Waals surface area (Å²) >= 11 is 5.16. The molecule has 2 heterocycles. The largest absolute Gasteiger partial charge is 0.497 e. The maximum Gasteiger partial charge on any atom is 0.254 e. The van der Waals surface area contributed by atoms with Gasteiger partial charge >= 0.3 is 0 Å². The average molecular weight is 542 g/mol. The highest BCUT2D eigenvalue weighted by atomic mass is 79.9. The summed E-state index contributed by atoms with van der Waals surface area (Å²) in [5.74, 6) is 0.869. The third-order valence-corrected chi connectivity index (χ3v) is 7.53. The first kappa shape index (κ1) is 24.5. The lowest BCUT2D eigenvalue weighted by molar-refractivity contribution is -0.134. The second-order valence-electron chi connectivity index (χ2n) is 8.90. The third kappa shape index (κ3) is 5.36. The fraction of sp³-hybridized carbons (Fsp3) is 0.333. The summed E-state index contributed by atoms with van der Waals surface area (Å²) in [6.45, 7) is 5.33. The van der Waals surface area contributed by atoms with Gasteiger partial charge in [-0.15, -0.1) is 11.3 Å². The monoisotopic (exact) mass is 540 g/mol. The van der Waals surface area contributed by atoms with Crippen molar-refractivity contribution in [3.05, 3.63) is 86.0 Å². The molecule has 0 bridgehead atoms. The molecule has 1 aliphatic rings. The number of hydrogen-bond donors (Lipinski definition) is 0. The van der Waals surface area contributed by atoms with Gasteiger partial charge in [0, 0.05) is 28.0 Å². The zero-order valence-corrected chi connectivity index (χ0v) is 22.1. The maximum absolute atomic E-state index is 13.7. The third-order valence-electron chi connectivity index (χ3n) is 6.01. The molecular formula is C27H29BrN2O3S. The first-order valence-electron chi connectivity index (χ1n) is 11.4. The zero-order valence-electron chi connectivity index (χ0n) is 19.7. The van der Waals surface area contributed by atoms with E-state index in [0.29, 0.717) is 18.7 Å². The van der Waals surface area contributed by atoms with Crippen molar-refractivity contribution in [1.82, 2.24) is 9.80 Å². The van der Waals surface area contributed by atoms with E-state index >= 15 is 0 Å². The van der Waals surface area contributed by atoms with Gasteiger partial charge in [0.25, 0.3) is 5.91 Å². The van der Waals surface area contributed by atoms with E-state index in [1.54, 1.807) is 35.5 Å². The standard InChI is InChI=1S/C27H29BrN2O3S/c1-18(2)16-29(27(32)20-4-8-21(28)9-5-20)17-25(31)30-14-12-24-23(13-15-34-24)26(30)19-6-10-22(33-3)11-7-19/h4-11,13,15,18,26H,12,14,16-17H2,1-3H3. The van der Waals surface area contributed by atoms with Gasteiger partial charge in [0.05, 0.1) is 13.2 Å². The van der Waals surface area contributed by atoms with Crippen LogP contribution in [0.4, 0.5) is 0 Å². The molecule has 4 rings (SSSR count). The number of rotatable bonds is 7. The molecule has 0 fully saturated rings. The molecule has 1 aliphatic heterocycles. The Morgan fingerprint density at radius 2 is 1.82 bits per heavy atom. The van der Waals surface area contributed by atoms with Crippen molar-refractivity contribution in [3.8, 4) is 5.75 Å². The highest BCUT2D eigenvalue weighted by molar-refractivity contribution is 9.10. The number of thiophene rings is 1. The van der Waals surface area contributed by atoms with E-state index in [4.69, 9.17) is 4.74 Å². The van der Waals surface area contributed by atoms with Gasteiger partial charge in [-0.1, -0.05) is 41.9 Å². The number of methoxy groups -OCH3 is 1. The van der Waals surface area contributed by atoms with Crippen LogP contribution in [0.2, 0.25) is 0 Å². The van der Waals surface area contributed by atoms with Crippen LogP contribution in [0.15, 0.2) is 64.5 Å². The van der Waals surface area contributed by atoms with Gasteiger partial charge in [-0.25, -0.2) is 0 Å². The summed E-state index contributed by atoms with van der Waals surface area (Å²) < 4.78 is 6.24. The van der Waals surface area contributed by atoms with Gasteiger partial charge in [-0.2, -0.15) is 0 Å². The minimum absolute atomic E-state index is 0.0382. The Kier molecular flexibility index (Phi) is 7.73. The normalized spacial score (nSPS) is 15.2. The fourth-order valence-corrected chi connectivity index (χ4v) is 5.59. The SMILES string of the molecule is COc1ccc(C2c3ccsc3CCN2C(=O)CN(CC(C)C)C(=O)c2ccc(Br)cc2)cc1. The number of carbonyl (C=O) groups excluding carboxylic acids is 2. The maximum atomic E-state index is 13.7. The van der Waals surface area contributed by atoms with Gasteiger partial charge < -0.3 is 14.5 Å². The number of halogens is 1. The molecule has 5 nitrogen and oxygen atoms in total. The van der Waals surface area contributed by atoms with Crippen molar-refractivity contribution in [2.75, 3.05) is 26.7 Å². The van der Waals surface area contributed by atoms with Gasteiger partial charge in [-0.05, 0) is 71.3 Å². The van der Waals surface area contributed by atoms with Crippen LogP contribution in [0.25, 0.3) is 0 Å². The summed E-state index contributed by atoms with van der Waals surface area (Å²) in [7, 11) is 1.65. The topological polar surface area (TPSA) is 49.9 Å². The smallest absolute Gasteiger partial charge is 0.254 e. The molecular weight excluding hydrogens is 512 g/mol. The molecule has 34 heavy (non-hydrogen) atoms. The van der Waals surface area contributed by atoms with Crippen LogP contribution in [0.5, 0.6) is 5.75 Å². The Hall–Kier alpha value is -2.64. The van der Waals surface area contributed by atoms with Crippen molar-refractivity contribution in [3.63, 3.8) is 0 Å². The average Bonchev–Trinajstić information content (AvgIpc) is 3.32. The molecule has 0 N–H and O–H groups in total. The van der Waals surface area contributed by atoms with E-state index < -0.39 is 0 Å². The van der Waals surface area contributed by atoms with Crippen molar-refractivity contribution >= 4 is 39.1 Å². The summed E-state index contributed by atoms with van der Waals surface area (Å²) in [6.07, 6.45) is 0.830. The molecule has 3 aromatic rings. The van der Waals surface area contributed by atoms with Crippen molar-refractivity contribution in [2.45, 2.75) is 26.3 Å². The minimum Gasteiger partial charge on any atom is -0.497 e. The number of hydrogen-bond acceptors (Lipinski definition) is 4. The predicted molar refractivity (Wildman–Crippen MR) is 139 cm³/mol. The van der Waals surface area contributed by atoms with Crippen LogP contribution in [-0.2, 0) is 11.2 Å². The lowest BCUT2D eigenvalue weighted by Gasteiger charge is -2.38. The number of ether oxygens (including phenoxy) is 1.